The maximum absolute atomic E-state index is 5.23. The van der Waals surface area contributed by atoms with Crippen molar-refractivity contribution in [3.63, 3.8) is 0 Å². The maximum atomic E-state index is 5.23. The topological polar surface area (TPSA) is 84.2 Å². The Balaban J connectivity index is 0.000000141. The quantitative estimate of drug-likeness (QED) is 0.122. The Labute approximate surface area is 645 Å². The van der Waals surface area contributed by atoms with E-state index in [2.05, 4.69) is 368 Å². The Morgan fingerprint density at radius 3 is 1.05 bits per heavy atom. The van der Waals surface area contributed by atoms with Crippen LogP contribution >= 0.6 is 0 Å². The summed E-state index contributed by atoms with van der Waals surface area (Å²) in [6, 6.07) is 136. The van der Waals surface area contributed by atoms with Crippen molar-refractivity contribution in [2.75, 3.05) is 0 Å². The van der Waals surface area contributed by atoms with Crippen molar-refractivity contribution in [1.82, 2.24) is 43.2 Å². The van der Waals surface area contributed by atoms with Crippen molar-refractivity contribution in [3.8, 4) is 112 Å². The summed E-state index contributed by atoms with van der Waals surface area (Å²) < 4.78 is 9.34. The SMILES string of the molecule is c1ccc(-c2cc(-c3ccccc3)nc(-c3cccc(-n4c5ccc(-c6cccc7c6c6ccccc6n7-c6ccccc6)cc5c5cccnc54)c3)c2)cc1.c1ccc(-n2c3ccccc3c3c(-c4ccc5c(c4)c4cccnc4n5-c4cccc(-c5cc(-c6ccccn6)cc(-c6ccccn6)c5)c4)cccc32)cc1. The molecular formula is C103H67N9. The molecule has 0 N–H and O–H groups in total. The molecule has 9 heterocycles. The fourth-order valence-electron chi connectivity index (χ4n) is 16.8. The predicted molar refractivity (Wildman–Crippen MR) is 463 cm³/mol. The standard InChI is InChI=1S/C52H34N4.C51H33N5/c1-4-15-35(16-5-1)39-33-46(36-17-6-2-7-18-36)54-47(34-39)38-19-12-22-41(31-38)56-49-29-28-37(32-45(49)43-25-14-30-53-52(43)56)42-24-13-27-50-51(42)44-23-10-11-26-48(44)55(50)40-20-8-3-9-21-40;1-2-14-39(15-3-1)55-47-22-5-4-17-43(47)50-41(18-11-23-49(50)55)35-24-25-48-44(33-35)42-19-12-28-54-51(42)56(48)40-16-10-13-34(32-40)36-29-37(45-20-6-8-26-52-45)31-38(30-36)46-21-7-9-27-53-46/h1-34H;1-33H. The molecule has 0 unspecified atom stereocenters. The second-order valence-electron chi connectivity index (χ2n) is 28.3. The van der Waals surface area contributed by atoms with Gasteiger partial charge in [-0.25, -0.2) is 15.0 Å². The zero-order valence-corrected chi connectivity index (χ0v) is 60.7. The van der Waals surface area contributed by atoms with Gasteiger partial charge in [0, 0.05) is 113 Å². The van der Waals surface area contributed by atoms with Gasteiger partial charge in [0.05, 0.1) is 55.9 Å². The lowest BCUT2D eigenvalue weighted by atomic mass is 9.96. The van der Waals surface area contributed by atoms with Crippen LogP contribution in [0.15, 0.2) is 407 Å². The molecule has 0 aliphatic heterocycles. The van der Waals surface area contributed by atoms with Crippen molar-refractivity contribution in [2.24, 2.45) is 0 Å². The van der Waals surface area contributed by atoms with E-state index < -0.39 is 0 Å². The first-order valence-electron chi connectivity index (χ1n) is 37.8. The minimum atomic E-state index is 0.922. The average molecular weight is 1430 g/mol. The molecule has 0 saturated carbocycles. The minimum absolute atomic E-state index is 0.922. The van der Waals surface area contributed by atoms with Gasteiger partial charge in [-0.1, -0.05) is 206 Å². The molecule has 22 rings (SSSR count). The molecule has 13 aromatic carbocycles. The normalized spacial score (nSPS) is 11.6. The molecule has 0 radical (unpaired) electrons. The average Bonchev–Trinajstić information content (AvgIpc) is 1.58. The molecule has 9 aromatic heterocycles. The zero-order chi connectivity index (χ0) is 74.0. The lowest BCUT2D eigenvalue weighted by molar-refractivity contribution is 1.13. The van der Waals surface area contributed by atoms with Gasteiger partial charge in [-0.15, -0.1) is 0 Å². The molecule has 0 spiro atoms. The fraction of sp³-hybridized carbons (Fsp3) is 0. The number of pyridine rings is 5. The third-order valence-corrected chi connectivity index (χ3v) is 21.8. The minimum Gasteiger partial charge on any atom is -0.309 e. The molecule has 9 heteroatoms. The second kappa shape index (κ2) is 27.5. The number of benzene rings is 13. The Morgan fingerprint density at radius 2 is 0.545 bits per heavy atom. The van der Waals surface area contributed by atoms with Crippen molar-refractivity contribution < 1.29 is 0 Å². The first-order valence-corrected chi connectivity index (χ1v) is 37.8. The van der Waals surface area contributed by atoms with Crippen LogP contribution < -0.4 is 0 Å². The van der Waals surface area contributed by atoms with Crippen molar-refractivity contribution in [1.29, 1.82) is 0 Å². The third kappa shape index (κ3) is 11.4. The molecule has 0 aliphatic carbocycles. The number of hydrogen-bond acceptors (Lipinski definition) is 5. The molecule has 22 aromatic rings. The van der Waals surface area contributed by atoms with Crippen LogP contribution in [-0.2, 0) is 0 Å². The third-order valence-electron chi connectivity index (χ3n) is 21.8. The molecule has 112 heavy (non-hydrogen) atoms. The first-order chi connectivity index (χ1) is 55.6. The van der Waals surface area contributed by atoms with Crippen LogP contribution in [0.3, 0.4) is 0 Å². The highest BCUT2D eigenvalue weighted by Gasteiger charge is 2.23. The van der Waals surface area contributed by atoms with Crippen molar-refractivity contribution in [3.05, 3.63) is 407 Å². The van der Waals surface area contributed by atoms with Crippen LogP contribution in [0.1, 0.15) is 0 Å². The summed E-state index contributed by atoms with van der Waals surface area (Å²) in [5.74, 6) is 0. The van der Waals surface area contributed by atoms with Gasteiger partial charge in [0.25, 0.3) is 0 Å². The highest BCUT2D eigenvalue weighted by atomic mass is 15.1. The number of hydrogen-bond donors (Lipinski definition) is 0. The number of rotatable bonds is 12. The Kier molecular flexibility index (Phi) is 16.0. The highest BCUT2D eigenvalue weighted by Crippen LogP contribution is 2.45. The Hall–Kier alpha value is -15.2. The van der Waals surface area contributed by atoms with Crippen molar-refractivity contribution in [2.45, 2.75) is 0 Å². The second-order valence-corrected chi connectivity index (χ2v) is 28.3. The summed E-state index contributed by atoms with van der Waals surface area (Å²) in [5.41, 5.74) is 30.4. The number of para-hydroxylation sites is 4. The van der Waals surface area contributed by atoms with Crippen LogP contribution in [0.5, 0.6) is 0 Å². The Morgan fingerprint density at radius 1 is 0.170 bits per heavy atom. The molecular weight excluding hydrogens is 1360 g/mol. The molecule has 0 bridgehead atoms. The van der Waals surface area contributed by atoms with Gasteiger partial charge in [0.15, 0.2) is 0 Å². The van der Waals surface area contributed by atoms with E-state index in [-0.39, 0.29) is 0 Å². The molecule has 0 saturated heterocycles. The van der Waals surface area contributed by atoms with E-state index in [1.165, 1.54) is 65.9 Å². The van der Waals surface area contributed by atoms with Gasteiger partial charge >= 0.3 is 0 Å². The van der Waals surface area contributed by atoms with E-state index in [0.717, 1.165) is 134 Å². The van der Waals surface area contributed by atoms with Gasteiger partial charge in [-0.2, -0.15) is 0 Å². The van der Waals surface area contributed by atoms with E-state index in [0.29, 0.717) is 0 Å². The maximum Gasteiger partial charge on any atom is 0.145 e. The van der Waals surface area contributed by atoms with E-state index in [4.69, 9.17) is 15.0 Å². The van der Waals surface area contributed by atoms with Crippen LogP contribution in [-0.4, -0.2) is 43.2 Å². The highest BCUT2D eigenvalue weighted by molar-refractivity contribution is 6.19. The van der Waals surface area contributed by atoms with E-state index in [1.54, 1.807) is 0 Å². The van der Waals surface area contributed by atoms with Gasteiger partial charge in [0.1, 0.15) is 11.3 Å². The summed E-state index contributed by atoms with van der Waals surface area (Å²) in [6.07, 6.45) is 7.45. The van der Waals surface area contributed by atoms with E-state index >= 15 is 0 Å². The van der Waals surface area contributed by atoms with Crippen LogP contribution in [0.4, 0.5) is 0 Å². The van der Waals surface area contributed by atoms with Crippen molar-refractivity contribution >= 4 is 87.5 Å². The zero-order valence-electron chi connectivity index (χ0n) is 60.7. The molecule has 0 amide bonds. The summed E-state index contributed by atoms with van der Waals surface area (Å²) in [4.78, 5) is 24.6. The summed E-state index contributed by atoms with van der Waals surface area (Å²) in [7, 11) is 0. The predicted octanol–water partition coefficient (Wildman–Crippen LogP) is 26.1. The lowest BCUT2D eigenvalue weighted by Gasteiger charge is -2.13. The van der Waals surface area contributed by atoms with Gasteiger partial charge in [-0.05, 0) is 220 Å². The Bertz CT molecular complexity index is 6790. The molecule has 0 aliphatic rings. The number of nitrogens with zero attached hydrogens (tertiary/aromatic N) is 9. The summed E-state index contributed by atoms with van der Waals surface area (Å²) >= 11 is 0. The first kappa shape index (κ1) is 65.1. The van der Waals surface area contributed by atoms with Gasteiger partial charge in [-0.3, -0.25) is 19.1 Å². The number of aromatic nitrogens is 9. The molecule has 9 nitrogen and oxygen atoms in total. The van der Waals surface area contributed by atoms with Crippen LogP contribution in [0, 0.1) is 0 Å². The monoisotopic (exact) mass is 1430 g/mol. The molecule has 0 fully saturated rings. The smallest absolute Gasteiger partial charge is 0.145 e. The molecule has 0 atom stereocenters. The van der Waals surface area contributed by atoms with Crippen LogP contribution in [0.25, 0.3) is 200 Å². The van der Waals surface area contributed by atoms with Crippen LogP contribution in [0.2, 0.25) is 0 Å². The van der Waals surface area contributed by atoms with E-state index in [9.17, 15) is 0 Å². The number of fused-ring (bicyclic) bond motifs is 12. The summed E-state index contributed by atoms with van der Waals surface area (Å²) in [5, 5.41) is 9.53. The largest absolute Gasteiger partial charge is 0.309 e. The lowest BCUT2D eigenvalue weighted by Crippen LogP contribution is -1.97. The van der Waals surface area contributed by atoms with Gasteiger partial charge < -0.3 is 9.13 Å². The summed E-state index contributed by atoms with van der Waals surface area (Å²) in [6.45, 7) is 0. The van der Waals surface area contributed by atoms with E-state index in [1.807, 2.05) is 67.3 Å². The van der Waals surface area contributed by atoms with Gasteiger partial charge in [0.2, 0.25) is 0 Å². The molecule has 524 valence electrons. The fourth-order valence-corrected chi connectivity index (χ4v) is 16.8.